The summed E-state index contributed by atoms with van der Waals surface area (Å²) in [6.45, 7) is 6.89. The average molecular weight is 321 g/mol. The summed E-state index contributed by atoms with van der Waals surface area (Å²) in [5.41, 5.74) is 4.26. The van der Waals surface area contributed by atoms with E-state index in [2.05, 4.69) is 9.82 Å². The van der Waals surface area contributed by atoms with Gasteiger partial charge in [0.15, 0.2) is 0 Å². The third-order valence-corrected chi connectivity index (χ3v) is 5.28. The second-order valence-corrected chi connectivity index (χ2v) is 7.39. The molecule has 120 valence electrons. The second kappa shape index (κ2) is 7.07. The lowest BCUT2D eigenvalue weighted by molar-refractivity contribution is 0.554. The predicted octanol–water partition coefficient (Wildman–Crippen LogP) is 1.97. The lowest BCUT2D eigenvalue weighted by atomic mass is 10.2. The van der Waals surface area contributed by atoms with E-state index >= 15 is 0 Å². The third-order valence-electron chi connectivity index (χ3n) is 3.89. The summed E-state index contributed by atoms with van der Waals surface area (Å²) in [6, 6.07) is 9.63. The molecule has 1 aromatic heterocycles. The predicted molar refractivity (Wildman–Crippen MR) is 88.4 cm³/mol. The molecule has 22 heavy (non-hydrogen) atoms. The first-order valence-electron chi connectivity index (χ1n) is 7.41. The third kappa shape index (κ3) is 4.42. The summed E-state index contributed by atoms with van der Waals surface area (Å²) in [7, 11) is -3.26. The summed E-state index contributed by atoms with van der Waals surface area (Å²) in [6.07, 6.45) is 0.523. The molecule has 0 fully saturated rings. The molecule has 2 aromatic rings. The van der Waals surface area contributed by atoms with E-state index in [1.165, 1.54) is 0 Å². The number of nitrogens with zero attached hydrogens (tertiary/aromatic N) is 2. The largest absolute Gasteiger partial charge is 0.268 e. The standard InChI is InChI=1S/C16H23N3O2S/c1-13-14(2)18-19(15(13)3)11-10-17-22(20,21)12-9-16-7-5-4-6-8-16/h4-8,17H,9-12H2,1-3H3. The van der Waals surface area contributed by atoms with Gasteiger partial charge >= 0.3 is 0 Å². The molecule has 0 aliphatic carbocycles. The number of benzene rings is 1. The van der Waals surface area contributed by atoms with Gasteiger partial charge in [-0.3, -0.25) is 4.68 Å². The van der Waals surface area contributed by atoms with Gasteiger partial charge < -0.3 is 0 Å². The maximum absolute atomic E-state index is 12.0. The van der Waals surface area contributed by atoms with Crippen LogP contribution in [0.1, 0.15) is 22.5 Å². The Hall–Kier alpha value is -1.66. The smallest absolute Gasteiger partial charge is 0.211 e. The Balaban J connectivity index is 1.83. The molecule has 0 bridgehead atoms. The topological polar surface area (TPSA) is 64.0 Å². The molecule has 0 aliphatic rings. The van der Waals surface area contributed by atoms with Crippen molar-refractivity contribution in [3.05, 3.63) is 52.8 Å². The van der Waals surface area contributed by atoms with Gasteiger partial charge in [0.05, 0.1) is 18.0 Å². The van der Waals surface area contributed by atoms with Crippen LogP contribution in [-0.4, -0.2) is 30.5 Å². The first kappa shape index (κ1) is 16.7. The molecule has 0 unspecified atom stereocenters. The number of aryl methyl sites for hydroxylation is 2. The van der Waals surface area contributed by atoms with Crippen LogP contribution in [-0.2, 0) is 23.0 Å². The second-order valence-electron chi connectivity index (χ2n) is 5.47. The zero-order chi connectivity index (χ0) is 16.2. The van der Waals surface area contributed by atoms with Crippen LogP contribution >= 0.6 is 0 Å². The molecular formula is C16H23N3O2S. The number of nitrogens with one attached hydrogen (secondary N) is 1. The molecule has 0 radical (unpaired) electrons. The molecule has 1 N–H and O–H groups in total. The highest BCUT2D eigenvalue weighted by Crippen LogP contribution is 2.10. The lowest BCUT2D eigenvalue weighted by Gasteiger charge is -2.08. The van der Waals surface area contributed by atoms with E-state index in [0.29, 0.717) is 19.5 Å². The SMILES string of the molecule is Cc1nn(CCNS(=O)(=O)CCc2ccccc2)c(C)c1C. The number of hydrogen-bond donors (Lipinski definition) is 1. The van der Waals surface area contributed by atoms with Gasteiger partial charge in [-0.05, 0) is 38.3 Å². The summed E-state index contributed by atoms with van der Waals surface area (Å²) in [4.78, 5) is 0. The van der Waals surface area contributed by atoms with Gasteiger partial charge in [-0.2, -0.15) is 5.10 Å². The zero-order valence-electron chi connectivity index (χ0n) is 13.3. The van der Waals surface area contributed by atoms with Crippen molar-refractivity contribution >= 4 is 10.0 Å². The van der Waals surface area contributed by atoms with E-state index in [0.717, 1.165) is 22.5 Å². The molecule has 6 heteroatoms. The van der Waals surface area contributed by atoms with E-state index in [1.54, 1.807) is 0 Å². The van der Waals surface area contributed by atoms with E-state index in [-0.39, 0.29) is 5.75 Å². The molecular weight excluding hydrogens is 298 g/mol. The quantitative estimate of drug-likeness (QED) is 0.848. The van der Waals surface area contributed by atoms with Gasteiger partial charge in [-0.1, -0.05) is 30.3 Å². The molecule has 2 rings (SSSR count). The van der Waals surface area contributed by atoms with E-state index in [9.17, 15) is 8.42 Å². The number of aromatic nitrogens is 2. The van der Waals surface area contributed by atoms with Crippen LogP contribution in [0.5, 0.6) is 0 Å². The van der Waals surface area contributed by atoms with Gasteiger partial charge in [-0.15, -0.1) is 0 Å². The fraction of sp³-hybridized carbons (Fsp3) is 0.438. The van der Waals surface area contributed by atoms with Crippen molar-refractivity contribution in [1.29, 1.82) is 0 Å². The van der Waals surface area contributed by atoms with Crippen LogP contribution in [0, 0.1) is 20.8 Å². The van der Waals surface area contributed by atoms with E-state index < -0.39 is 10.0 Å². The summed E-state index contributed by atoms with van der Waals surface area (Å²) < 4.78 is 28.5. The Labute approximate surface area is 132 Å². The molecule has 1 heterocycles. The maximum atomic E-state index is 12.0. The van der Waals surface area contributed by atoms with Crippen LogP contribution in [0.3, 0.4) is 0 Å². The molecule has 0 spiro atoms. The molecule has 0 saturated carbocycles. The fourth-order valence-corrected chi connectivity index (χ4v) is 3.33. The van der Waals surface area contributed by atoms with Crippen molar-refractivity contribution in [1.82, 2.24) is 14.5 Å². The number of rotatable bonds is 7. The Morgan fingerprint density at radius 1 is 1.14 bits per heavy atom. The highest BCUT2D eigenvalue weighted by molar-refractivity contribution is 7.89. The van der Waals surface area contributed by atoms with Crippen molar-refractivity contribution in [3.63, 3.8) is 0 Å². The average Bonchev–Trinajstić information content (AvgIpc) is 2.74. The van der Waals surface area contributed by atoms with Gasteiger partial charge in [0.25, 0.3) is 0 Å². The highest BCUT2D eigenvalue weighted by atomic mass is 32.2. The normalized spacial score (nSPS) is 11.8. The van der Waals surface area contributed by atoms with Crippen LogP contribution in [0.25, 0.3) is 0 Å². The Morgan fingerprint density at radius 2 is 1.82 bits per heavy atom. The Kier molecular flexibility index (Phi) is 5.37. The van der Waals surface area contributed by atoms with Crippen molar-refractivity contribution in [2.75, 3.05) is 12.3 Å². The van der Waals surface area contributed by atoms with Gasteiger partial charge in [0.1, 0.15) is 0 Å². The minimum atomic E-state index is -3.26. The molecule has 0 saturated heterocycles. The Morgan fingerprint density at radius 3 is 2.41 bits per heavy atom. The number of sulfonamides is 1. The van der Waals surface area contributed by atoms with Crippen molar-refractivity contribution in [3.8, 4) is 0 Å². The monoisotopic (exact) mass is 321 g/mol. The van der Waals surface area contributed by atoms with Crippen LogP contribution in [0.15, 0.2) is 30.3 Å². The van der Waals surface area contributed by atoms with Gasteiger partial charge in [0.2, 0.25) is 10.0 Å². The first-order chi connectivity index (χ1) is 10.4. The highest BCUT2D eigenvalue weighted by Gasteiger charge is 2.11. The molecule has 0 amide bonds. The summed E-state index contributed by atoms with van der Waals surface area (Å²) in [5, 5.41) is 4.40. The lowest BCUT2D eigenvalue weighted by Crippen LogP contribution is -2.30. The van der Waals surface area contributed by atoms with Crippen molar-refractivity contribution in [2.45, 2.75) is 33.7 Å². The minimum Gasteiger partial charge on any atom is -0.268 e. The zero-order valence-corrected chi connectivity index (χ0v) is 14.2. The van der Waals surface area contributed by atoms with Crippen molar-refractivity contribution < 1.29 is 8.42 Å². The summed E-state index contributed by atoms with van der Waals surface area (Å²) in [5.74, 6) is 0.104. The molecule has 5 nitrogen and oxygen atoms in total. The van der Waals surface area contributed by atoms with E-state index in [4.69, 9.17) is 0 Å². The van der Waals surface area contributed by atoms with Crippen LogP contribution in [0.2, 0.25) is 0 Å². The van der Waals surface area contributed by atoms with Gasteiger partial charge in [0, 0.05) is 12.2 Å². The minimum absolute atomic E-state index is 0.104. The van der Waals surface area contributed by atoms with E-state index in [1.807, 2.05) is 55.8 Å². The summed E-state index contributed by atoms with van der Waals surface area (Å²) >= 11 is 0. The van der Waals surface area contributed by atoms with Gasteiger partial charge in [-0.25, -0.2) is 13.1 Å². The first-order valence-corrected chi connectivity index (χ1v) is 9.06. The van der Waals surface area contributed by atoms with Crippen molar-refractivity contribution in [2.24, 2.45) is 0 Å². The molecule has 0 aliphatic heterocycles. The number of hydrogen-bond acceptors (Lipinski definition) is 3. The molecule has 1 aromatic carbocycles. The maximum Gasteiger partial charge on any atom is 0.211 e. The molecule has 0 atom stereocenters. The Bertz CT molecular complexity index is 721. The fourth-order valence-electron chi connectivity index (χ4n) is 2.28. The van der Waals surface area contributed by atoms with Crippen LogP contribution < -0.4 is 4.72 Å². The van der Waals surface area contributed by atoms with Crippen LogP contribution in [0.4, 0.5) is 0 Å².